The molecule has 1 saturated heterocycles. The second-order valence-corrected chi connectivity index (χ2v) is 6.35. The highest BCUT2D eigenvalue weighted by atomic mass is 31.2. The lowest BCUT2D eigenvalue weighted by atomic mass is 10.1. The zero-order valence-electron chi connectivity index (χ0n) is 11.9. The Labute approximate surface area is 132 Å². The van der Waals surface area contributed by atoms with E-state index in [2.05, 4.69) is 19.5 Å². The van der Waals surface area contributed by atoms with Crippen molar-refractivity contribution < 1.29 is 33.8 Å². The Hall–Kier alpha value is -1.86. The summed E-state index contributed by atoms with van der Waals surface area (Å²) in [5.41, 5.74) is 4.84. The van der Waals surface area contributed by atoms with Gasteiger partial charge in [-0.1, -0.05) is 0 Å². The fourth-order valence-electron chi connectivity index (χ4n) is 2.40. The van der Waals surface area contributed by atoms with Gasteiger partial charge in [-0.25, -0.2) is 9.55 Å². The Morgan fingerprint density at radius 3 is 2.79 bits per heavy atom. The monoisotopic (exact) mass is 364 g/mol. The molecule has 24 heavy (non-hydrogen) atoms. The minimum absolute atomic E-state index is 0.0176. The first-order valence-corrected chi connectivity index (χ1v) is 8.14. The molecule has 1 aliphatic rings. The number of aliphatic hydroxyl groups is 2. The SMILES string of the molecule is Nc1nc2c(nc[15n]2[C@@H]2O[C@H](COP(=O)(O)O)[C@@H](O)[C@H]2O)c(=O)[nH]1. The average Bonchev–Trinajstić information content (AvgIpc) is 3.00. The molecule has 0 aromatic carbocycles. The number of rotatable bonds is 4. The molecule has 0 unspecified atom stereocenters. The minimum Gasteiger partial charge on any atom is -0.387 e. The van der Waals surface area contributed by atoms with Gasteiger partial charge >= 0.3 is 7.82 Å². The molecule has 0 saturated carbocycles. The van der Waals surface area contributed by atoms with Crippen LogP contribution in [0.15, 0.2) is 11.1 Å². The molecule has 0 radical (unpaired) electrons. The number of nitrogens with zero attached hydrogens (tertiary/aromatic N) is 3. The average molecular weight is 364 g/mol. The Morgan fingerprint density at radius 2 is 2.12 bits per heavy atom. The molecule has 7 N–H and O–H groups in total. The molecule has 1 fully saturated rings. The fourth-order valence-corrected chi connectivity index (χ4v) is 2.74. The number of hydrogen-bond donors (Lipinski definition) is 6. The van der Waals surface area contributed by atoms with Gasteiger partial charge in [-0.2, -0.15) is 4.98 Å². The van der Waals surface area contributed by atoms with Gasteiger partial charge in [-0.3, -0.25) is 18.9 Å². The van der Waals surface area contributed by atoms with Crippen LogP contribution >= 0.6 is 7.82 Å². The summed E-state index contributed by atoms with van der Waals surface area (Å²) >= 11 is 0. The summed E-state index contributed by atoms with van der Waals surface area (Å²) in [7, 11) is -4.76. The van der Waals surface area contributed by atoms with E-state index in [1.165, 1.54) is 10.9 Å². The van der Waals surface area contributed by atoms with Crippen molar-refractivity contribution in [2.75, 3.05) is 12.3 Å². The van der Waals surface area contributed by atoms with Gasteiger partial charge in [0.15, 0.2) is 17.4 Å². The number of nitrogens with two attached hydrogens (primary N) is 1. The molecule has 0 aliphatic carbocycles. The van der Waals surface area contributed by atoms with Crippen LogP contribution in [0.2, 0.25) is 0 Å². The Balaban J connectivity index is 1.90. The predicted octanol–water partition coefficient (Wildman–Crippen LogP) is -2.57. The van der Waals surface area contributed by atoms with Gasteiger partial charge < -0.3 is 30.5 Å². The van der Waals surface area contributed by atoms with Gasteiger partial charge in [0.1, 0.15) is 18.3 Å². The van der Waals surface area contributed by atoms with Crippen molar-refractivity contribution in [1.29, 1.82) is 0 Å². The summed E-state index contributed by atoms with van der Waals surface area (Å²) < 4.78 is 21.6. The van der Waals surface area contributed by atoms with E-state index in [0.29, 0.717) is 0 Å². The van der Waals surface area contributed by atoms with Crippen molar-refractivity contribution in [1.82, 2.24) is 19.5 Å². The maximum absolute atomic E-state index is 11.7. The number of phosphoric acid groups is 1. The number of nitrogen functional groups attached to an aromatic ring is 1. The van der Waals surface area contributed by atoms with Crippen molar-refractivity contribution >= 4 is 24.9 Å². The number of H-pyrrole nitrogens is 1. The normalized spacial score (nSPS) is 27.8. The van der Waals surface area contributed by atoms with Crippen LogP contribution in [0.5, 0.6) is 0 Å². The molecule has 4 atom stereocenters. The highest BCUT2D eigenvalue weighted by molar-refractivity contribution is 7.46. The van der Waals surface area contributed by atoms with Crippen LogP contribution in [-0.4, -0.2) is 64.4 Å². The van der Waals surface area contributed by atoms with Crippen LogP contribution in [-0.2, 0) is 13.8 Å². The number of anilines is 1. The maximum atomic E-state index is 11.7. The number of ether oxygens (including phenoxy) is 1. The first kappa shape index (κ1) is 17.0. The predicted molar refractivity (Wildman–Crippen MR) is 76.5 cm³/mol. The molecule has 2 aromatic rings. The van der Waals surface area contributed by atoms with Gasteiger partial charge in [-0.05, 0) is 0 Å². The first-order valence-electron chi connectivity index (χ1n) is 6.61. The third-order valence-electron chi connectivity index (χ3n) is 3.47. The minimum atomic E-state index is -4.76. The van der Waals surface area contributed by atoms with Crippen LogP contribution in [0.25, 0.3) is 11.2 Å². The molecule has 14 heteroatoms. The molecule has 0 bridgehead atoms. The molecule has 3 rings (SSSR count). The number of phosphoric ester groups is 1. The van der Waals surface area contributed by atoms with Gasteiger partial charge in [0.25, 0.3) is 5.56 Å². The second kappa shape index (κ2) is 5.89. The number of aromatic amines is 1. The maximum Gasteiger partial charge on any atom is 0.469 e. The number of imidazole rings is 1. The van der Waals surface area contributed by atoms with Gasteiger partial charge in [0.05, 0.1) is 12.9 Å². The quantitative estimate of drug-likeness (QED) is 0.311. The molecular weight excluding hydrogens is 350 g/mol. The van der Waals surface area contributed by atoms with E-state index < -0.39 is 44.5 Å². The van der Waals surface area contributed by atoms with E-state index in [0.717, 1.165) is 0 Å². The molecule has 0 spiro atoms. The van der Waals surface area contributed by atoms with Crippen molar-refractivity contribution in [3.05, 3.63) is 16.7 Å². The van der Waals surface area contributed by atoms with Crippen LogP contribution in [0.4, 0.5) is 5.95 Å². The van der Waals surface area contributed by atoms with E-state index >= 15 is 0 Å². The Kier molecular flexibility index (Phi) is 4.17. The van der Waals surface area contributed by atoms with Crippen molar-refractivity contribution in [2.45, 2.75) is 24.5 Å². The fraction of sp³-hybridized carbons (Fsp3) is 0.500. The molecule has 13 nitrogen and oxygen atoms in total. The molecule has 1 aliphatic heterocycles. The van der Waals surface area contributed by atoms with E-state index in [4.69, 9.17) is 20.3 Å². The summed E-state index contributed by atoms with van der Waals surface area (Å²) in [5.74, 6) is -0.177. The number of aromatic nitrogens is 4. The summed E-state index contributed by atoms with van der Waals surface area (Å²) in [5, 5.41) is 20.1. The first-order chi connectivity index (χ1) is 11.2. The number of aliphatic hydroxyl groups excluding tert-OH is 2. The molecule has 132 valence electrons. The summed E-state index contributed by atoms with van der Waals surface area (Å²) in [6, 6.07) is 0. The molecule has 0 amide bonds. The number of hydrogen-bond acceptors (Lipinski definition) is 9. The van der Waals surface area contributed by atoms with Gasteiger partial charge in [0, 0.05) is 0 Å². The van der Waals surface area contributed by atoms with Gasteiger partial charge in [-0.15, -0.1) is 0 Å². The third-order valence-corrected chi connectivity index (χ3v) is 3.95. The summed E-state index contributed by atoms with van der Waals surface area (Å²) in [6.45, 7) is -0.651. The largest absolute Gasteiger partial charge is 0.469 e. The van der Waals surface area contributed by atoms with Crippen LogP contribution in [0, 0.1) is 0 Å². The molecule has 2 aromatic heterocycles. The topological polar surface area (TPSA) is 206 Å². The van der Waals surface area contributed by atoms with Crippen molar-refractivity contribution in [3.8, 4) is 0 Å². The zero-order chi connectivity index (χ0) is 17.6. The highest BCUT2D eigenvalue weighted by Crippen LogP contribution is 2.38. The molecular formula is C10H14N5O8P. The lowest BCUT2D eigenvalue weighted by Gasteiger charge is -2.16. The van der Waals surface area contributed by atoms with Crippen LogP contribution in [0.1, 0.15) is 6.23 Å². The third kappa shape index (κ3) is 3.06. The van der Waals surface area contributed by atoms with Gasteiger partial charge in [0.2, 0.25) is 5.95 Å². The van der Waals surface area contributed by atoms with Crippen molar-refractivity contribution in [3.63, 3.8) is 0 Å². The molecule has 3 heterocycles. The Bertz CT molecular complexity index is 861. The zero-order valence-corrected chi connectivity index (χ0v) is 12.8. The number of fused-ring (bicyclic) bond motifs is 1. The van der Waals surface area contributed by atoms with E-state index in [1.807, 2.05) is 0 Å². The van der Waals surface area contributed by atoms with E-state index in [-0.39, 0.29) is 17.1 Å². The van der Waals surface area contributed by atoms with Crippen LogP contribution in [0.3, 0.4) is 0 Å². The lowest BCUT2D eigenvalue weighted by Crippen LogP contribution is -2.33. The lowest BCUT2D eigenvalue weighted by molar-refractivity contribution is -0.0503. The summed E-state index contributed by atoms with van der Waals surface area (Å²) in [4.78, 5) is 39.1. The smallest absolute Gasteiger partial charge is 0.387 e. The van der Waals surface area contributed by atoms with E-state index in [9.17, 15) is 19.6 Å². The Morgan fingerprint density at radius 1 is 1.42 bits per heavy atom. The number of nitrogens with one attached hydrogen (secondary N) is 1. The summed E-state index contributed by atoms with van der Waals surface area (Å²) in [6.07, 6.45) is -4.22. The highest BCUT2D eigenvalue weighted by Gasteiger charge is 2.45. The van der Waals surface area contributed by atoms with Crippen LogP contribution < -0.4 is 11.3 Å². The second-order valence-electron chi connectivity index (χ2n) is 5.11. The van der Waals surface area contributed by atoms with E-state index in [1.54, 1.807) is 0 Å². The van der Waals surface area contributed by atoms with Crippen molar-refractivity contribution in [2.24, 2.45) is 0 Å². The standard InChI is InChI=1S/C10H14N5O8P/c11-10-13-7-4(8(18)14-10)12-2-15(7)9-6(17)5(16)3(23-9)1-22-24(19,20)21/h2-3,5-6,9,16-17H,1H2,(H2,19,20,21)(H3,11,13,14,18)/t3-,5-,6-,9-/m1/s1/i15+1.